The first-order chi connectivity index (χ1) is 16.1. The van der Waals surface area contributed by atoms with E-state index in [0.29, 0.717) is 31.5 Å². The lowest BCUT2D eigenvalue weighted by Gasteiger charge is -2.51. The molecule has 34 heavy (non-hydrogen) atoms. The molecule has 3 fully saturated rings. The van der Waals surface area contributed by atoms with Crippen molar-refractivity contribution in [3.05, 3.63) is 35.9 Å². The molecule has 8 nitrogen and oxygen atoms in total. The van der Waals surface area contributed by atoms with Gasteiger partial charge < -0.3 is 20.4 Å². The van der Waals surface area contributed by atoms with Crippen LogP contribution in [0.1, 0.15) is 37.7 Å². The van der Waals surface area contributed by atoms with Crippen LogP contribution in [-0.4, -0.2) is 72.7 Å². The van der Waals surface area contributed by atoms with Crippen LogP contribution in [0, 0.1) is 16.7 Å². The molecule has 2 saturated heterocycles. The molecule has 0 radical (unpaired) electrons. The van der Waals surface area contributed by atoms with E-state index in [-0.39, 0.29) is 5.41 Å². The highest BCUT2D eigenvalue weighted by molar-refractivity contribution is 5.86. The Bertz CT molecular complexity index is 932. The van der Waals surface area contributed by atoms with Gasteiger partial charge in [-0.05, 0) is 51.4 Å². The molecule has 1 spiro atoms. The highest BCUT2D eigenvalue weighted by Crippen LogP contribution is 2.40. The maximum atomic E-state index is 14.9. The summed E-state index contributed by atoms with van der Waals surface area (Å²) in [5.41, 5.74) is -0.487. The van der Waals surface area contributed by atoms with Crippen molar-refractivity contribution in [2.24, 2.45) is 5.41 Å². The summed E-state index contributed by atoms with van der Waals surface area (Å²) < 4.78 is 29.7. The number of nitrogens with zero attached hydrogens (tertiary/aromatic N) is 3. The predicted octanol–water partition coefficient (Wildman–Crippen LogP) is 2.46. The number of hydrogen-bond donors (Lipinski definition) is 2. The Morgan fingerprint density at radius 3 is 2.41 bits per heavy atom. The number of hydroxylamine groups is 2. The summed E-state index contributed by atoms with van der Waals surface area (Å²) in [6, 6.07) is 8.71. The van der Waals surface area contributed by atoms with Crippen molar-refractivity contribution in [3.63, 3.8) is 0 Å². The standard InChI is InChI=1S/C24H31F2N5O3/c1-30-11-9-22(10-12-30)16-31(17-22)34-21(33)28-19(20(32)29-23(15-27)7-8-23)14-24(25,26)13-18-5-3-2-4-6-18/h2-6,19H,7-14,16-17H2,1H3,(H,28,33)(H,29,32)/t19-/m0/s1. The van der Waals surface area contributed by atoms with Crippen LogP contribution in [0.3, 0.4) is 0 Å². The molecule has 3 aliphatic rings. The van der Waals surface area contributed by atoms with Crippen molar-refractivity contribution in [1.29, 1.82) is 5.26 Å². The van der Waals surface area contributed by atoms with E-state index in [1.807, 2.05) is 6.07 Å². The third-order valence-corrected chi connectivity index (χ3v) is 7.03. The first-order valence-corrected chi connectivity index (χ1v) is 11.7. The second-order valence-corrected chi connectivity index (χ2v) is 10.1. The van der Waals surface area contributed by atoms with Crippen LogP contribution in [0.2, 0.25) is 0 Å². The summed E-state index contributed by atoms with van der Waals surface area (Å²) in [5, 5.41) is 15.6. The number of amides is 2. The number of carbonyl (C=O) groups excluding carboxylic acids is 2. The molecule has 1 aromatic carbocycles. The summed E-state index contributed by atoms with van der Waals surface area (Å²) in [5.74, 6) is -4.06. The fraction of sp³-hybridized carbons (Fsp3) is 0.625. The van der Waals surface area contributed by atoms with Crippen LogP contribution in [-0.2, 0) is 16.1 Å². The molecule has 0 bridgehead atoms. The van der Waals surface area contributed by atoms with E-state index in [1.165, 1.54) is 5.06 Å². The van der Waals surface area contributed by atoms with E-state index in [1.54, 1.807) is 30.3 Å². The van der Waals surface area contributed by atoms with Crippen LogP contribution < -0.4 is 10.6 Å². The molecule has 1 aromatic rings. The van der Waals surface area contributed by atoms with Gasteiger partial charge >= 0.3 is 6.09 Å². The number of likely N-dealkylation sites (tertiary alicyclic amines) is 1. The molecule has 1 saturated carbocycles. The summed E-state index contributed by atoms with van der Waals surface area (Å²) in [6.07, 6.45) is 0.521. The Balaban J connectivity index is 1.35. The van der Waals surface area contributed by atoms with E-state index in [2.05, 4.69) is 22.6 Å². The fourth-order valence-electron chi connectivity index (χ4n) is 4.65. The Morgan fingerprint density at radius 2 is 1.82 bits per heavy atom. The number of piperidine rings is 1. The zero-order valence-corrected chi connectivity index (χ0v) is 19.4. The van der Waals surface area contributed by atoms with Gasteiger partial charge in [0.1, 0.15) is 11.6 Å². The van der Waals surface area contributed by atoms with E-state index in [0.717, 1.165) is 25.9 Å². The van der Waals surface area contributed by atoms with Gasteiger partial charge in [-0.25, -0.2) is 13.6 Å². The van der Waals surface area contributed by atoms with Gasteiger partial charge in [-0.3, -0.25) is 4.79 Å². The van der Waals surface area contributed by atoms with Gasteiger partial charge in [0.2, 0.25) is 5.91 Å². The largest absolute Gasteiger partial charge is 0.426 e. The molecule has 184 valence electrons. The van der Waals surface area contributed by atoms with E-state index < -0.39 is 42.3 Å². The number of rotatable bonds is 8. The first kappa shape index (κ1) is 24.4. The Morgan fingerprint density at radius 1 is 1.18 bits per heavy atom. The van der Waals surface area contributed by atoms with E-state index >= 15 is 0 Å². The summed E-state index contributed by atoms with van der Waals surface area (Å²) in [4.78, 5) is 32.9. The molecule has 2 heterocycles. The molecule has 2 N–H and O–H groups in total. The number of benzene rings is 1. The first-order valence-electron chi connectivity index (χ1n) is 11.7. The van der Waals surface area contributed by atoms with Crippen LogP contribution in [0.5, 0.6) is 0 Å². The van der Waals surface area contributed by atoms with Gasteiger partial charge in [0.05, 0.1) is 6.07 Å². The highest BCUT2D eigenvalue weighted by Gasteiger charge is 2.48. The summed E-state index contributed by atoms with van der Waals surface area (Å²) >= 11 is 0. The van der Waals surface area contributed by atoms with Crippen LogP contribution in [0.15, 0.2) is 30.3 Å². The Hall–Kier alpha value is -2.77. The molecule has 0 aromatic heterocycles. The van der Waals surface area contributed by atoms with Crippen molar-refractivity contribution in [3.8, 4) is 6.07 Å². The van der Waals surface area contributed by atoms with Gasteiger partial charge in [0.15, 0.2) is 0 Å². The number of halogens is 2. The maximum absolute atomic E-state index is 14.9. The molecule has 2 amide bonds. The number of nitrogens with one attached hydrogen (secondary N) is 2. The second kappa shape index (κ2) is 9.47. The normalized spacial score (nSPS) is 22.2. The summed E-state index contributed by atoms with van der Waals surface area (Å²) in [6.45, 7) is 3.15. The average Bonchev–Trinajstić information content (AvgIpc) is 3.54. The van der Waals surface area contributed by atoms with Crippen LogP contribution in [0.4, 0.5) is 13.6 Å². The minimum Gasteiger partial charge on any atom is -0.351 e. The van der Waals surface area contributed by atoms with Crippen LogP contribution >= 0.6 is 0 Å². The monoisotopic (exact) mass is 475 g/mol. The minimum absolute atomic E-state index is 0.122. The van der Waals surface area contributed by atoms with E-state index in [4.69, 9.17) is 4.84 Å². The third-order valence-electron chi connectivity index (χ3n) is 7.03. The average molecular weight is 476 g/mol. The van der Waals surface area contributed by atoms with Crippen molar-refractivity contribution in [2.75, 3.05) is 33.2 Å². The Kier molecular flexibility index (Phi) is 6.78. The lowest BCUT2D eigenvalue weighted by atomic mass is 9.73. The summed E-state index contributed by atoms with van der Waals surface area (Å²) in [7, 11) is 2.07. The Labute approximate surface area is 198 Å². The third kappa shape index (κ3) is 6.02. The number of hydrogen-bond acceptors (Lipinski definition) is 6. The fourth-order valence-corrected chi connectivity index (χ4v) is 4.65. The highest BCUT2D eigenvalue weighted by atomic mass is 19.3. The molecule has 4 rings (SSSR count). The predicted molar refractivity (Wildman–Crippen MR) is 120 cm³/mol. The van der Waals surface area contributed by atoms with Crippen molar-refractivity contribution in [1.82, 2.24) is 20.6 Å². The number of carbonyl (C=O) groups is 2. The quantitative estimate of drug-likeness (QED) is 0.600. The van der Waals surface area contributed by atoms with Gasteiger partial charge in [0, 0.05) is 31.3 Å². The number of nitriles is 1. The van der Waals surface area contributed by atoms with Crippen molar-refractivity contribution < 1.29 is 23.2 Å². The van der Waals surface area contributed by atoms with E-state index in [9.17, 15) is 23.6 Å². The number of alkyl halides is 2. The zero-order valence-electron chi connectivity index (χ0n) is 19.4. The minimum atomic E-state index is -3.26. The molecule has 1 aliphatic carbocycles. The molecular formula is C24H31F2N5O3. The van der Waals surface area contributed by atoms with Gasteiger partial charge in [-0.1, -0.05) is 30.3 Å². The van der Waals surface area contributed by atoms with Crippen LogP contribution in [0.25, 0.3) is 0 Å². The molecular weight excluding hydrogens is 444 g/mol. The zero-order chi connectivity index (χ0) is 24.4. The second-order valence-electron chi connectivity index (χ2n) is 10.1. The topological polar surface area (TPSA) is 97.7 Å². The van der Waals surface area contributed by atoms with Crippen molar-refractivity contribution >= 4 is 12.0 Å². The molecule has 2 aliphatic heterocycles. The van der Waals surface area contributed by atoms with Gasteiger partial charge in [-0.15, -0.1) is 5.06 Å². The van der Waals surface area contributed by atoms with Crippen molar-refractivity contribution in [2.45, 2.75) is 56.0 Å². The lowest BCUT2D eigenvalue weighted by Crippen LogP contribution is -2.61. The smallest absolute Gasteiger partial charge is 0.351 e. The van der Waals surface area contributed by atoms with Gasteiger partial charge in [-0.2, -0.15) is 5.26 Å². The molecule has 1 atom stereocenters. The maximum Gasteiger partial charge on any atom is 0.426 e. The lowest BCUT2D eigenvalue weighted by molar-refractivity contribution is -0.217. The SMILES string of the molecule is CN1CCC2(CC1)CN(OC(=O)N[C@@H](CC(F)(F)Cc1ccccc1)C(=O)NC1(C#N)CC1)C2. The molecule has 0 unspecified atom stereocenters. The van der Waals surface area contributed by atoms with Gasteiger partial charge in [0.25, 0.3) is 5.92 Å². The molecule has 10 heteroatoms.